The van der Waals surface area contributed by atoms with Crippen LogP contribution in [-0.2, 0) is 4.79 Å². The first-order valence-corrected chi connectivity index (χ1v) is 11.7. The lowest BCUT2D eigenvalue weighted by molar-refractivity contribution is -0.138. The summed E-state index contributed by atoms with van der Waals surface area (Å²) in [5.74, 6) is 3.91. The maximum atomic E-state index is 11.0. The van der Waals surface area contributed by atoms with Gasteiger partial charge in [-0.3, -0.25) is 4.79 Å². The third-order valence-corrected chi connectivity index (χ3v) is 10.2. The Morgan fingerprint density at radius 3 is 2.44 bits per heavy atom. The lowest BCUT2D eigenvalue weighted by Gasteiger charge is -2.61. The van der Waals surface area contributed by atoms with Crippen LogP contribution in [-0.4, -0.2) is 22.3 Å². The van der Waals surface area contributed by atoms with Crippen molar-refractivity contribution >= 4 is 5.97 Å². The highest BCUT2D eigenvalue weighted by Gasteiger charge is 2.60. The van der Waals surface area contributed by atoms with Crippen molar-refractivity contribution in [2.75, 3.05) is 0 Å². The van der Waals surface area contributed by atoms with Crippen LogP contribution in [0.3, 0.4) is 0 Å². The molecular formula is C24H40O3. The molecule has 0 aromatic heterocycles. The van der Waals surface area contributed by atoms with Gasteiger partial charge in [-0.05, 0) is 111 Å². The molecule has 4 saturated carbocycles. The summed E-state index contributed by atoms with van der Waals surface area (Å²) in [6.07, 6.45) is 12.4. The molecule has 27 heavy (non-hydrogen) atoms. The summed E-state index contributed by atoms with van der Waals surface area (Å²) in [5.41, 5.74) is 0.882. The summed E-state index contributed by atoms with van der Waals surface area (Å²) in [6.45, 7) is 7.43. The van der Waals surface area contributed by atoms with Crippen LogP contribution in [0.5, 0.6) is 0 Å². The molecule has 0 amide bonds. The normalized spacial score (nSPS) is 50.4. The van der Waals surface area contributed by atoms with Crippen molar-refractivity contribution in [1.29, 1.82) is 0 Å². The van der Waals surface area contributed by atoms with Gasteiger partial charge >= 0.3 is 5.97 Å². The Labute approximate surface area is 165 Å². The van der Waals surface area contributed by atoms with Crippen LogP contribution in [0, 0.1) is 46.3 Å². The molecule has 1 unspecified atom stereocenters. The van der Waals surface area contributed by atoms with E-state index in [1.54, 1.807) is 0 Å². The number of carboxylic acids is 1. The van der Waals surface area contributed by atoms with Gasteiger partial charge in [0.2, 0.25) is 0 Å². The average Bonchev–Trinajstić information content (AvgIpc) is 2.97. The predicted octanol–water partition coefficient (Wildman–Crippen LogP) is 5.51. The van der Waals surface area contributed by atoms with Crippen LogP contribution in [0.2, 0.25) is 0 Å². The minimum atomic E-state index is -0.643. The number of carbonyl (C=O) groups is 1. The third kappa shape index (κ3) is 3.16. The largest absolute Gasteiger partial charge is 0.481 e. The zero-order valence-corrected chi connectivity index (χ0v) is 17.6. The Kier molecular flexibility index (Phi) is 5.15. The van der Waals surface area contributed by atoms with Crippen LogP contribution in [0.25, 0.3) is 0 Å². The molecule has 0 bridgehead atoms. The highest BCUT2D eigenvalue weighted by molar-refractivity contribution is 5.66. The van der Waals surface area contributed by atoms with Crippen molar-refractivity contribution in [3.8, 4) is 0 Å². The topological polar surface area (TPSA) is 57.5 Å². The van der Waals surface area contributed by atoms with E-state index in [4.69, 9.17) is 5.11 Å². The molecule has 4 rings (SSSR count). The van der Waals surface area contributed by atoms with Crippen molar-refractivity contribution < 1.29 is 15.0 Å². The van der Waals surface area contributed by atoms with Crippen molar-refractivity contribution in [2.45, 2.75) is 97.5 Å². The van der Waals surface area contributed by atoms with Crippen LogP contribution in [0.4, 0.5) is 0 Å². The number of fused-ring (bicyclic) bond motifs is 5. The second-order valence-electron chi connectivity index (χ2n) is 11.2. The quantitative estimate of drug-likeness (QED) is 0.680. The van der Waals surface area contributed by atoms with Gasteiger partial charge in [-0.2, -0.15) is 0 Å². The molecule has 0 spiro atoms. The number of hydrogen-bond donors (Lipinski definition) is 2. The summed E-state index contributed by atoms with van der Waals surface area (Å²) in [7, 11) is 0. The Morgan fingerprint density at radius 1 is 1.00 bits per heavy atom. The molecule has 154 valence electrons. The second-order valence-corrected chi connectivity index (χ2v) is 11.2. The maximum absolute atomic E-state index is 11.0. The van der Waals surface area contributed by atoms with Gasteiger partial charge in [0, 0.05) is 6.42 Å². The minimum absolute atomic E-state index is 0.0561. The summed E-state index contributed by atoms with van der Waals surface area (Å²) in [4.78, 5) is 11.0. The molecule has 3 heteroatoms. The van der Waals surface area contributed by atoms with Crippen molar-refractivity contribution in [1.82, 2.24) is 0 Å². The zero-order valence-electron chi connectivity index (χ0n) is 17.6. The first-order valence-electron chi connectivity index (χ1n) is 11.7. The number of hydrogen-bond acceptors (Lipinski definition) is 2. The summed E-state index contributed by atoms with van der Waals surface area (Å²) >= 11 is 0. The van der Waals surface area contributed by atoms with Crippen molar-refractivity contribution in [2.24, 2.45) is 46.3 Å². The molecule has 0 saturated heterocycles. The minimum Gasteiger partial charge on any atom is -0.481 e. The lowest BCUT2D eigenvalue weighted by Crippen LogP contribution is -2.54. The van der Waals surface area contributed by atoms with Crippen LogP contribution in [0.15, 0.2) is 0 Å². The first-order chi connectivity index (χ1) is 12.8. The SMILES string of the molecule is CC(CCC(=O)O)[C@H]1CC[C@H]2[C@@H]3CC[C@@H]4C[C@H](O)CC[C@]4(C)[C@H]3CC[C@]12C. The van der Waals surface area contributed by atoms with Gasteiger partial charge in [0.05, 0.1) is 6.10 Å². The predicted molar refractivity (Wildman–Crippen MR) is 107 cm³/mol. The van der Waals surface area contributed by atoms with E-state index in [-0.39, 0.29) is 6.10 Å². The fourth-order valence-electron chi connectivity index (χ4n) is 8.76. The smallest absolute Gasteiger partial charge is 0.303 e. The molecule has 0 heterocycles. The molecule has 0 aromatic rings. The molecular weight excluding hydrogens is 336 g/mol. The summed E-state index contributed by atoms with van der Waals surface area (Å²) in [5, 5.41) is 19.3. The molecule has 4 aliphatic rings. The van der Waals surface area contributed by atoms with Gasteiger partial charge in [0.15, 0.2) is 0 Å². The van der Waals surface area contributed by atoms with E-state index in [9.17, 15) is 9.90 Å². The molecule has 0 radical (unpaired) electrons. The van der Waals surface area contributed by atoms with E-state index in [1.165, 1.54) is 44.9 Å². The van der Waals surface area contributed by atoms with Gasteiger partial charge in [0.1, 0.15) is 0 Å². The molecule has 4 aliphatic carbocycles. The fraction of sp³-hybridized carbons (Fsp3) is 0.958. The zero-order chi connectivity index (χ0) is 19.4. The van der Waals surface area contributed by atoms with E-state index in [0.717, 1.165) is 42.9 Å². The lowest BCUT2D eigenvalue weighted by atomic mass is 9.44. The van der Waals surface area contributed by atoms with Gasteiger partial charge in [-0.1, -0.05) is 20.8 Å². The van der Waals surface area contributed by atoms with E-state index in [2.05, 4.69) is 20.8 Å². The fourth-order valence-corrected chi connectivity index (χ4v) is 8.76. The molecule has 4 fully saturated rings. The van der Waals surface area contributed by atoms with E-state index >= 15 is 0 Å². The number of aliphatic carboxylic acids is 1. The van der Waals surface area contributed by atoms with Crippen LogP contribution >= 0.6 is 0 Å². The Morgan fingerprint density at radius 2 is 1.70 bits per heavy atom. The molecule has 3 nitrogen and oxygen atoms in total. The van der Waals surface area contributed by atoms with Crippen LogP contribution < -0.4 is 0 Å². The highest BCUT2D eigenvalue weighted by atomic mass is 16.4. The number of carboxylic acid groups (broad SMARTS) is 1. The van der Waals surface area contributed by atoms with Crippen molar-refractivity contribution in [3.63, 3.8) is 0 Å². The Balaban J connectivity index is 1.51. The standard InChI is InChI=1S/C24H40O3/c1-15(4-9-22(26)27)19-7-8-20-18-6-5-16-14-17(25)10-12-23(16,2)21(18)11-13-24(19,20)3/h15-21,25H,4-14H2,1-3H3,(H,26,27)/t15?,16-,17-,18+,19-,20+,21+,23+,24-/m1/s1. The van der Waals surface area contributed by atoms with Gasteiger partial charge in [-0.25, -0.2) is 0 Å². The number of rotatable bonds is 4. The Bertz CT molecular complexity index is 574. The van der Waals surface area contributed by atoms with Crippen molar-refractivity contribution in [3.05, 3.63) is 0 Å². The number of aliphatic hydroxyl groups excluding tert-OH is 1. The van der Waals surface area contributed by atoms with E-state index in [1.807, 2.05) is 0 Å². The molecule has 9 atom stereocenters. The second kappa shape index (κ2) is 7.04. The molecule has 0 aliphatic heterocycles. The monoisotopic (exact) mass is 376 g/mol. The van der Waals surface area contributed by atoms with E-state index < -0.39 is 5.97 Å². The van der Waals surface area contributed by atoms with E-state index in [0.29, 0.717) is 29.1 Å². The molecule has 2 N–H and O–H groups in total. The van der Waals surface area contributed by atoms with Gasteiger partial charge in [-0.15, -0.1) is 0 Å². The molecule has 0 aromatic carbocycles. The maximum Gasteiger partial charge on any atom is 0.303 e. The van der Waals surface area contributed by atoms with Gasteiger partial charge < -0.3 is 10.2 Å². The Hall–Kier alpha value is -0.570. The summed E-state index contributed by atoms with van der Waals surface area (Å²) < 4.78 is 0. The highest BCUT2D eigenvalue weighted by Crippen LogP contribution is 2.68. The first kappa shape index (κ1) is 19.7. The van der Waals surface area contributed by atoms with Gasteiger partial charge in [0.25, 0.3) is 0 Å². The average molecular weight is 377 g/mol. The summed E-state index contributed by atoms with van der Waals surface area (Å²) in [6, 6.07) is 0. The third-order valence-electron chi connectivity index (χ3n) is 10.2. The van der Waals surface area contributed by atoms with Crippen LogP contribution in [0.1, 0.15) is 91.4 Å². The number of aliphatic hydroxyl groups is 1.